The molecule has 1 aliphatic heterocycles. The molecule has 3 rings (SSSR count). The van der Waals surface area contributed by atoms with Crippen molar-refractivity contribution in [1.82, 2.24) is 4.90 Å². The van der Waals surface area contributed by atoms with E-state index in [1.165, 1.54) is 4.90 Å². The number of aliphatic carboxylic acids is 1. The van der Waals surface area contributed by atoms with Gasteiger partial charge in [0, 0.05) is 30.8 Å². The second-order valence-electron chi connectivity index (χ2n) is 10.5. The third kappa shape index (κ3) is 6.32. The van der Waals surface area contributed by atoms with Crippen LogP contribution in [0.5, 0.6) is 17.2 Å². The molecule has 0 unspecified atom stereocenters. The monoisotopic (exact) mass is 557 g/mol. The van der Waals surface area contributed by atoms with E-state index in [2.05, 4.69) is 0 Å². The van der Waals surface area contributed by atoms with E-state index >= 15 is 4.39 Å². The van der Waals surface area contributed by atoms with Gasteiger partial charge in [-0.3, -0.25) is 10.2 Å². The van der Waals surface area contributed by atoms with E-state index in [1.807, 2.05) is 39.5 Å². The largest absolute Gasteiger partial charge is 0.490 e. The zero-order valence-electron chi connectivity index (χ0n) is 24.4. The lowest BCUT2D eigenvalue weighted by Gasteiger charge is -2.30. The van der Waals surface area contributed by atoms with Crippen molar-refractivity contribution < 1.29 is 33.3 Å². The topological polar surface area (TPSA) is 112 Å². The van der Waals surface area contributed by atoms with Crippen LogP contribution in [0.1, 0.15) is 75.5 Å². The number of rotatable bonds is 13. The van der Waals surface area contributed by atoms with Crippen molar-refractivity contribution in [3.8, 4) is 17.2 Å². The van der Waals surface area contributed by atoms with Crippen LogP contribution in [0.2, 0.25) is 0 Å². The van der Waals surface area contributed by atoms with Gasteiger partial charge in [-0.15, -0.1) is 0 Å². The first-order valence-electron chi connectivity index (χ1n) is 13.6. The zero-order chi connectivity index (χ0) is 29.8. The first kappa shape index (κ1) is 30.7. The Bertz CT molecular complexity index is 1280. The number of amidine groups is 1. The number of carbonyl (C=O) groups excluding carboxylic acids is 1. The van der Waals surface area contributed by atoms with Crippen LogP contribution in [-0.2, 0) is 16.8 Å². The summed E-state index contributed by atoms with van der Waals surface area (Å²) in [4.78, 5) is 28.6. The predicted molar refractivity (Wildman–Crippen MR) is 152 cm³/mol. The number of carbonyl (C=O) groups is 2. The van der Waals surface area contributed by atoms with Crippen LogP contribution >= 0.6 is 0 Å². The van der Waals surface area contributed by atoms with Crippen LogP contribution in [0.4, 0.5) is 10.1 Å². The molecular formula is C30H40FN3O6. The molecule has 218 valence electrons. The maximum atomic E-state index is 15.5. The molecule has 0 amide bonds. The Morgan fingerprint density at radius 3 is 2.23 bits per heavy atom. The summed E-state index contributed by atoms with van der Waals surface area (Å²) in [5, 5.41) is 17.9. The van der Waals surface area contributed by atoms with Gasteiger partial charge >= 0.3 is 5.97 Å². The summed E-state index contributed by atoms with van der Waals surface area (Å²) < 4.78 is 32.4. The minimum atomic E-state index is -1.09. The van der Waals surface area contributed by atoms with Gasteiger partial charge in [-0.05, 0) is 56.9 Å². The lowest BCUT2D eigenvalue weighted by atomic mass is 9.84. The molecule has 0 atom stereocenters. The van der Waals surface area contributed by atoms with Gasteiger partial charge in [0.15, 0.2) is 29.7 Å². The van der Waals surface area contributed by atoms with E-state index in [0.717, 1.165) is 0 Å². The van der Waals surface area contributed by atoms with Gasteiger partial charge in [0.05, 0.1) is 31.0 Å². The number of Topliss-reactive ketones (excluding diaryl/α,β-unsaturated/α-hetero) is 1. The molecule has 0 bridgehead atoms. The average molecular weight is 558 g/mol. The summed E-state index contributed by atoms with van der Waals surface area (Å²) in [6.45, 7) is 14.7. The normalized spacial score (nSPS) is 12.8. The molecule has 0 radical (unpaired) electrons. The second kappa shape index (κ2) is 12.6. The molecule has 9 nitrogen and oxygen atoms in total. The lowest BCUT2D eigenvalue weighted by molar-refractivity contribution is -0.139. The van der Waals surface area contributed by atoms with E-state index in [1.54, 1.807) is 32.0 Å². The number of nitrogens with one attached hydrogen (secondary N) is 1. The van der Waals surface area contributed by atoms with Gasteiger partial charge in [-0.25, -0.2) is 9.18 Å². The van der Waals surface area contributed by atoms with E-state index in [-0.39, 0.29) is 48.4 Å². The van der Waals surface area contributed by atoms with Gasteiger partial charge in [0.25, 0.3) is 0 Å². The molecule has 2 aromatic carbocycles. The van der Waals surface area contributed by atoms with Crippen LogP contribution in [0.15, 0.2) is 18.2 Å². The second-order valence-corrected chi connectivity index (χ2v) is 10.5. The van der Waals surface area contributed by atoms with Gasteiger partial charge in [0.2, 0.25) is 0 Å². The van der Waals surface area contributed by atoms with Crippen molar-refractivity contribution >= 4 is 23.3 Å². The van der Waals surface area contributed by atoms with Crippen molar-refractivity contribution in [3.05, 3.63) is 46.3 Å². The number of anilines is 1. The highest BCUT2D eigenvalue weighted by molar-refractivity contribution is 6.06. The molecule has 2 N–H and O–H groups in total. The summed E-state index contributed by atoms with van der Waals surface area (Å²) in [6.07, 6.45) is 0. The average Bonchev–Trinajstić information content (AvgIpc) is 3.19. The van der Waals surface area contributed by atoms with Gasteiger partial charge in [0.1, 0.15) is 11.6 Å². The first-order chi connectivity index (χ1) is 18.9. The van der Waals surface area contributed by atoms with E-state index in [4.69, 9.17) is 19.6 Å². The van der Waals surface area contributed by atoms with E-state index < -0.39 is 23.8 Å². The van der Waals surface area contributed by atoms with Gasteiger partial charge in [-0.2, -0.15) is 0 Å². The van der Waals surface area contributed by atoms with Gasteiger partial charge in [-0.1, -0.05) is 20.8 Å². The third-order valence-corrected chi connectivity index (χ3v) is 6.75. The summed E-state index contributed by atoms with van der Waals surface area (Å²) in [5.41, 5.74) is 1.95. The fraction of sp³-hybridized carbons (Fsp3) is 0.500. The van der Waals surface area contributed by atoms with Crippen molar-refractivity contribution in [2.75, 3.05) is 44.4 Å². The van der Waals surface area contributed by atoms with Crippen LogP contribution in [0.3, 0.4) is 0 Å². The molecule has 1 heterocycles. The predicted octanol–water partition coefficient (Wildman–Crippen LogP) is 5.25. The van der Waals surface area contributed by atoms with Crippen LogP contribution in [0.25, 0.3) is 0 Å². The number of halogens is 1. The minimum absolute atomic E-state index is 0.0309. The minimum Gasteiger partial charge on any atom is -0.490 e. The molecule has 0 aliphatic carbocycles. The van der Waals surface area contributed by atoms with Crippen LogP contribution in [-0.4, -0.2) is 67.0 Å². The Labute approximate surface area is 235 Å². The number of carboxylic acid groups (broad SMARTS) is 1. The molecule has 0 spiro atoms. The van der Waals surface area contributed by atoms with Crippen molar-refractivity contribution in [3.63, 3.8) is 0 Å². The van der Waals surface area contributed by atoms with Crippen molar-refractivity contribution in [2.45, 2.75) is 60.4 Å². The summed E-state index contributed by atoms with van der Waals surface area (Å²) in [6, 6.07) is 5.13. The first-order valence-corrected chi connectivity index (χ1v) is 13.6. The number of hydrogen-bond donors (Lipinski definition) is 2. The van der Waals surface area contributed by atoms with Crippen molar-refractivity contribution in [1.29, 1.82) is 5.41 Å². The number of fused-ring (bicyclic) bond motifs is 1. The molecule has 40 heavy (non-hydrogen) atoms. The Morgan fingerprint density at radius 1 is 1.02 bits per heavy atom. The van der Waals surface area contributed by atoms with Crippen LogP contribution in [0, 0.1) is 11.2 Å². The standard InChI is InChI=1S/C30H40FN3O6/c1-8-33(9-2)21-13-18(12-20(30(5,6)7)27(21)40-17-24(36)37)22(35)16-34-15-19-14-23(38-10-3)28(39-11-4)26(31)25(19)29(34)32/h12-14,32H,8-11,15-17H2,1-7H3,(H,36,37). The number of hydrogen-bond acceptors (Lipinski definition) is 7. The fourth-order valence-corrected chi connectivity index (χ4v) is 4.84. The SMILES string of the molecule is CCOc1cc2c(c(F)c1OCC)C(=N)N(CC(=O)c1cc(N(CC)CC)c(OCC(=O)O)c(C(C)(C)C)c1)C2. The summed E-state index contributed by atoms with van der Waals surface area (Å²) >= 11 is 0. The van der Waals surface area contributed by atoms with Crippen LogP contribution < -0.4 is 19.1 Å². The number of ether oxygens (including phenoxy) is 3. The smallest absolute Gasteiger partial charge is 0.341 e. The Hall–Kier alpha value is -3.82. The molecule has 0 saturated carbocycles. The van der Waals surface area contributed by atoms with Crippen molar-refractivity contribution in [2.24, 2.45) is 0 Å². The Kier molecular flexibility index (Phi) is 9.65. The Balaban J connectivity index is 2.02. The fourth-order valence-electron chi connectivity index (χ4n) is 4.84. The van der Waals surface area contributed by atoms with Gasteiger partial charge < -0.3 is 29.1 Å². The Morgan fingerprint density at radius 2 is 1.68 bits per heavy atom. The maximum absolute atomic E-state index is 15.5. The number of carboxylic acids is 1. The number of benzene rings is 2. The number of nitrogens with zero attached hydrogens (tertiary/aromatic N) is 2. The quantitative estimate of drug-likeness (QED) is 0.321. The number of ketones is 1. The summed E-state index contributed by atoms with van der Waals surface area (Å²) in [5.74, 6) is -1.42. The molecule has 0 fully saturated rings. The molecule has 2 aromatic rings. The van der Waals surface area contributed by atoms with E-state index in [9.17, 15) is 14.7 Å². The highest BCUT2D eigenvalue weighted by atomic mass is 19.1. The molecule has 1 aliphatic rings. The highest BCUT2D eigenvalue weighted by Crippen LogP contribution is 2.42. The lowest BCUT2D eigenvalue weighted by Crippen LogP contribution is -2.31. The zero-order valence-corrected chi connectivity index (χ0v) is 24.4. The molecular weight excluding hydrogens is 517 g/mol. The summed E-state index contributed by atoms with van der Waals surface area (Å²) in [7, 11) is 0. The van der Waals surface area contributed by atoms with E-state index in [0.29, 0.717) is 47.8 Å². The molecule has 10 heteroatoms. The molecule has 0 saturated heterocycles. The third-order valence-electron chi connectivity index (χ3n) is 6.75. The highest BCUT2D eigenvalue weighted by Gasteiger charge is 2.34. The maximum Gasteiger partial charge on any atom is 0.341 e. The molecule has 0 aromatic heterocycles.